The molecule has 1 atom stereocenters. The Labute approximate surface area is 214 Å². The van der Waals surface area contributed by atoms with Gasteiger partial charge >= 0.3 is 12.4 Å². The summed E-state index contributed by atoms with van der Waals surface area (Å²) >= 11 is 0. The van der Waals surface area contributed by atoms with Gasteiger partial charge in [-0.05, 0) is 24.3 Å². The number of rotatable bonds is 5. The minimum Gasteiger partial charge on any atom is -0.360 e. The minimum atomic E-state index is -5.06. The maximum Gasteiger partial charge on any atom is 0.417 e. The van der Waals surface area contributed by atoms with Gasteiger partial charge in [-0.1, -0.05) is 24.2 Å². The number of hydrogen-bond donors (Lipinski definition) is 1. The largest absolute Gasteiger partial charge is 0.417 e. The highest BCUT2D eigenvalue weighted by Gasteiger charge is 2.39. The van der Waals surface area contributed by atoms with Crippen molar-refractivity contribution in [2.24, 2.45) is 5.10 Å². The van der Waals surface area contributed by atoms with Crippen LogP contribution in [0.2, 0.25) is 0 Å². The van der Waals surface area contributed by atoms with Crippen LogP contribution in [0.5, 0.6) is 0 Å². The molecular weight excluding hydrogens is 538 g/mol. The van der Waals surface area contributed by atoms with E-state index >= 15 is 0 Å². The molecule has 0 fully saturated rings. The van der Waals surface area contributed by atoms with Crippen molar-refractivity contribution in [3.63, 3.8) is 0 Å². The van der Waals surface area contributed by atoms with E-state index in [-0.39, 0.29) is 42.0 Å². The van der Waals surface area contributed by atoms with Gasteiger partial charge in [-0.15, -0.1) is 0 Å². The van der Waals surface area contributed by atoms with Gasteiger partial charge < -0.3 is 9.51 Å². The highest BCUT2D eigenvalue weighted by atomic mass is 19.4. The molecule has 0 aliphatic carbocycles. The lowest BCUT2D eigenvalue weighted by Gasteiger charge is -2.23. The molecule has 4 aromatic rings. The van der Waals surface area contributed by atoms with Crippen LogP contribution in [-0.2, 0) is 18.9 Å². The zero-order chi connectivity index (χ0) is 28.1. The Morgan fingerprint density at radius 3 is 2.49 bits per heavy atom. The Hall–Kier alpha value is -4.23. The van der Waals surface area contributed by atoms with Crippen LogP contribution in [0.15, 0.2) is 52.1 Å². The summed E-state index contributed by atoms with van der Waals surface area (Å²) in [6.07, 6.45) is -8.56. The number of nitrogens with one attached hydrogen (secondary N) is 1. The fraction of sp³-hybridized carbons (Fsp3) is 0.240. The molecule has 0 spiro atoms. The number of imidazole rings is 1. The molecule has 204 valence electrons. The molecule has 39 heavy (non-hydrogen) atoms. The molecule has 2 aromatic heterocycles. The molecule has 14 heteroatoms. The normalized spacial score (nSPS) is 14.5. The molecule has 6 nitrogen and oxygen atoms in total. The van der Waals surface area contributed by atoms with Gasteiger partial charge in [0.25, 0.3) is 0 Å². The second-order valence-corrected chi connectivity index (χ2v) is 8.91. The van der Waals surface area contributed by atoms with Crippen LogP contribution < -0.4 is 0 Å². The number of nitrogens with zero attached hydrogens (tertiary/aromatic N) is 4. The fourth-order valence-electron chi connectivity index (χ4n) is 4.16. The molecule has 0 bridgehead atoms. The summed E-state index contributed by atoms with van der Waals surface area (Å²) in [5, 5.41) is 9.52. The summed E-state index contributed by atoms with van der Waals surface area (Å²) in [6.45, 7) is 2.09. The van der Waals surface area contributed by atoms with Crippen molar-refractivity contribution in [2.75, 3.05) is 6.54 Å². The molecule has 2 aromatic carbocycles. The van der Waals surface area contributed by atoms with Crippen LogP contribution in [0.4, 0.5) is 35.1 Å². The highest BCUT2D eigenvalue weighted by molar-refractivity contribution is 5.80. The van der Waals surface area contributed by atoms with Crippen molar-refractivity contribution in [3.05, 3.63) is 82.4 Å². The molecule has 1 N–H and O–H groups in total. The van der Waals surface area contributed by atoms with Crippen LogP contribution in [-0.4, -0.2) is 32.9 Å². The maximum atomic E-state index is 14.2. The quantitative estimate of drug-likeness (QED) is 0.269. The SMILES string of the molecule is CC(CN1Cc2nc(-c3cccc(F)c3F)[nH]c2C=N1)c1cc(-c2ccc(C(F)(F)F)cc2C(F)(F)F)no1. The van der Waals surface area contributed by atoms with Gasteiger partial charge in [-0.2, -0.15) is 31.4 Å². The van der Waals surface area contributed by atoms with Gasteiger partial charge in [0.05, 0.1) is 40.8 Å². The molecule has 1 aliphatic rings. The molecule has 5 rings (SSSR count). The van der Waals surface area contributed by atoms with E-state index in [0.29, 0.717) is 23.5 Å². The van der Waals surface area contributed by atoms with Crippen molar-refractivity contribution in [1.29, 1.82) is 0 Å². The van der Waals surface area contributed by atoms with Gasteiger partial charge in [0.1, 0.15) is 17.3 Å². The van der Waals surface area contributed by atoms with Gasteiger partial charge in [-0.25, -0.2) is 13.8 Å². The number of alkyl halides is 6. The lowest BCUT2D eigenvalue weighted by Crippen LogP contribution is -2.25. The van der Waals surface area contributed by atoms with E-state index in [4.69, 9.17) is 4.52 Å². The van der Waals surface area contributed by atoms with Crippen molar-refractivity contribution in [1.82, 2.24) is 20.1 Å². The average molecular weight is 555 g/mol. The minimum absolute atomic E-state index is 0.0426. The fourth-order valence-corrected chi connectivity index (χ4v) is 4.16. The van der Waals surface area contributed by atoms with Gasteiger partial charge in [0.15, 0.2) is 11.6 Å². The van der Waals surface area contributed by atoms with Crippen LogP contribution in [0.25, 0.3) is 22.6 Å². The molecule has 0 saturated heterocycles. The maximum absolute atomic E-state index is 14.2. The first-order chi connectivity index (χ1) is 18.3. The third kappa shape index (κ3) is 5.22. The third-order valence-electron chi connectivity index (χ3n) is 6.13. The first-order valence-electron chi connectivity index (χ1n) is 11.4. The Morgan fingerprint density at radius 2 is 1.77 bits per heavy atom. The van der Waals surface area contributed by atoms with E-state index in [0.717, 1.165) is 6.07 Å². The smallest absolute Gasteiger partial charge is 0.360 e. The number of hydrogen-bond acceptors (Lipinski definition) is 5. The lowest BCUT2D eigenvalue weighted by atomic mass is 9.99. The zero-order valence-electron chi connectivity index (χ0n) is 19.8. The first-order valence-corrected chi connectivity index (χ1v) is 11.4. The summed E-state index contributed by atoms with van der Waals surface area (Å²) in [5.74, 6) is -2.21. The number of halogens is 8. The van der Waals surface area contributed by atoms with E-state index in [1.54, 1.807) is 11.9 Å². The zero-order valence-corrected chi connectivity index (χ0v) is 19.8. The molecule has 0 saturated carbocycles. The molecular formula is C25H17F8N5O. The summed E-state index contributed by atoms with van der Waals surface area (Å²) in [4.78, 5) is 7.23. The van der Waals surface area contributed by atoms with Crippen LogP contribution in [0.1, 0.15) is 41.1 Å². The predicted molar refractivity (Wildman–Crippen MR) is 122 cm³/mol. The molecule has 0 radical (unpaired) electrons. The van der Waals surface area contributed by atoms with Crippen molar-refractivity contribution < 1.29 is 39.6 Å². The topological polar surface area (TPSA) is 70.3 Å². The first kappa shape index (κ1) is 26.4. The summed E-state index contributed by atoms with van der Waals surface area (Å²) in [7, 11) is 0. The van der Waals surface area contributed by atoms with Crippen molar-refractivity contribution in [2.45, 2.75) is 31.7 Å². The summed E-state index contributed by atoms with van der Waals surface area (Å²) in [5.41, 5.74) is -2.77. The number of benzene rings is 2. The third-order valence-corrected chi connectivity index (χ3v) is 6.13. The van der Waals surface area contributed by atoms with E-state index < -0.39 is 46.6 Å². The summed E-state index contributed by atoms with van der Waals surface area (Å²) < 4.78 is 113. The van der Waals surface area contributed by atoms with E-state index in [2.05, 4.69) is 20.2 Å². The van der Waals surface area contributed by atoms with Crippen LogP contribution >= 0.6 is 0 Å². The Balaban J connectivity index is 1.33. The number of aromatic amines is 1. The van der Waals surface area contributed by atoms with Crippen molar-refractivity contribution >= 4 is 6.21 Å². The van der Waals surface area contributed by atoms with Crippen LogP contribution in [0.3, 0.4) is 0 Å². The second kappa shape index (κ2) is 9.50. The number of hydrazone groups is 1. The van der Waals surface area contributed by atoms with E-state index in [1.807, 2.05) is 0 Å². The van der Waals surface area contributed by atoms with E-state index in [1.165, 1.54) is 24.4 Å². The lowest BCUT2D eigenvalue weighted by molar-refractivity contribution is -0.142. The standard InChI is InChI=1S/C25H17F8N5O/c1-12(10-38-11-20-19(9-34-38)35-23(36-20)15-3-2-4-17(26)22(15)27)21-8-18(37-39-21)14-6-5-13(24(28,29)30)7-16(14)25(31,32)33/h2-9,12H,10-11H2,1H3,(H,35,36). The van der Waals surface area contributed by atoms with Gasteiger partial charge in [-0.3, -0.25) is 5.01 Å². The predicted octanol–water partition coefficient (Wildman–Crippen LogP) is 7.00. The Kier molecular flexibility index (Phi) is 6.43. The molecule has 1 unspecified atom stereocenters. The average Bonchev–Trinajstić information content (AvgIpc) is 3.51. The Bertz CT molecular complexity index is 1550. The number of H-pyrrole nitrogens is 1. The van der Waals surface area contributed by atoms with E-state index in [9.17, 15) is 35.1 Å². The number of fused-ring (bicyclic) bond motifs is 1. The van der Waals surface area contributed by atoms with Gasteiger partial charge in [0, 0.05) is 24.1 Å². The number of aromatic nitrogens is 3. The van der Waals surface area contributed by atoms with Crippen LogP contribution in [0, 0.1) is 11.6 Å². The molecule has 1 aliphatic heterocycles. The highest BCUT2D eigenvalue weighted by Crippen LogP contribution is 2.41. The second-order valence-electron chi connectivity index (χ2n) is 8.91. The summed E-state index contributed by atoms with van der Waals surface area (Å²) in [6, 6.07) is 6.26. The van der Waals surface area contributed by atoms with Gasteiger partial charge in [0.2, 0.25) is 0 Å². The Morgan fingerprint density at radius 1 is 1.00 bits per heavy atom. The molecule has 0 amide bonds. The molecule has 3 heterocycles. The monoisotopic (exact) mass is 555 g/mol. The van der Waals surface area contributed by atoms with Crippen molar-refractivity contribution in [3.8, 4) is 22.6 Å².